The number of hydrogen-bond acceptors (Lipinski definition) is 5. The maximum atomic E-state index is 14.6. The van der Waals surface area contributed by atoms with Crippen LogP contribution in [0.25, 0.3) is 0 Å². The number of nitrogens with zero attached hydrogens (tertiary/aromatic N) is 3. The Bertz CT molecular complexity index is 1570. The summed E-state index contributed by atoms with van der Waals surface area (Å²) in [5, 5.41) is 13.9. The molecule has 272 valence electrons. The molecule has 2 N–H and O–H groups in total. The van der Waals surface area contributed by atoms with Gasteiger partial charge >= 0.3 is 0 Å². The van der Waals surface area contributed by atoms with Crippen molar-refractivity contribution in [2.45, 2.75) is 82.0 Å². The molecule has 3 aliphatic rings. The zero-order valence-electron chi connectivity index (χ0n) is 29.2. The molecule has 0 radical (unpaired) electrons. The molecule has 0 saturated carbocycles. The molecule has 3 heterocycles. The van der Waals surface area contributed by atoms with E-state index in [0.29, 0.717) is 54.6 Å². The number of aliphatic hydroxyl groups is 1. The van der Waals surface area contributed by atoms with Gasteiger partial charge in [-0.25, -0.2) is 13.2 Å². The van der Waals surface area contributed by atoms with E-state index in [1.807, 2.05) is 0 Å². The summed E-state index contributed by atoms with van der Waals surface area (Å²) in [6, 6.07) is 15.6. The van der Waals surface area contributed by atoms with Crippen molar-refractivity contribution >= 4 is 17.7 Å². The van der Waals surface area contributed by atoms with Gasteiger partial charge in [-0.1, -0.05) is 36.4 Å². The molecule has 6 rings (SSSR count). The second kappa shape index (κ2) is 15.6. The van der Waals surface area contributed by atoms with Crippen LogP contribution in [0.15, 0.2) is 72.8 Å². The number of amides is 3. The fraction of sp³-hybridized carbons (Fsp3) is 0.475. The van der Waals surface area contributed by atoms with Gasteiger partial charge in [-0.15, -0.1) is 0 Å². The second-order valence-electron chi connectivity index (χ2n) is 14.6. The summed E-state index contributed by atoms with van der Waals surface area (Å²) in [6.07, 6.45) is 1.91. The molecule has 0 aliphatic carbocycles. The summed E-state index contributed by atoms with van der Waals surface area (Å²) in [5.74, 6) is -2.18. The fourth-order valence-corrected chi connectivity index (χ4v) is 8.19. The quantitative estimate of drug-likeness (QED) is 0.290. The first-order chi connectivity index (χ1) is 24.5. The number of hydrogen-bond donors (Lipinski definition) is 2. The number of aliphatic hydroxyl groups excluding tert-OH is 1. The van der Waals surface area contributed by atoms with Gasteiger partial charge in [0.15, 0.2) is 0 Å². The average molecular weight is 705 g/mol. The Morgan fingerprint density at radius 1 is 0.765 bits per heavy atom. The van der Waals surface area contributed by atoms with E-state index < -0.39 is 52.9 Å². The van der Waals surface area contributed by atoms with Crippen molar-refractivity contribution in [2.75, 3.05) is 32.7 Å². The zero-order chi connectivity index (χ0) is 36.3. The molecule has 3 fully saturated rings. The average Bonchev–Trinajstić information content (AvgIpc) is 3.78. The van der Waals surface area contributed by atoms with Crippen LogP contribution < -0.4 is 5.32 Å². The van der Waals surface area contributed by atoms with Gasteiger partial charge in [0, 0.05) is 38.5 Å². The van der Waals surface area contributed by atoms with Gasteiger partial charge in [0.1, 0.15) is 29.5 Å². The lowest BCUT2D eigenvalue weighted by molar-refractivity contribution is -0.146. The highest BCUT2D eigenvalue weighted by molar-refractivity contribution is 5.93. The van der Waals surface area contributed by atoms with Gasteiger partial charge in [0.2, 0.25) is 17.7 Å². The van der Waals surface area contributed by atoms with E-state index >= 15 is 0 Å². The molecule has 11 heteroatoms. The maximum absolute atomic E-state index is 14.6. The van der Waals surface area contributed by atoms with E-state index in [2.05, 4.69) is 24.1 Å². The SMILES string of the molecule is CC(C)N1CCC(CNC(=O)[C@H]2CCCN2C(=O)[C@@H]2C[C@@H](O)CN2C(=O)CC(c2ccc(F)cc2)(c2ccc(F)cc2)c2ccc(F)cc2)CC1. The van der Waals surface area contributed by atoms with Crippen LogP contribution in [-0.4, -0.2) is 94.5 Å². The number of piperidine rings is 1. The standard InChI is InChI=1S/C40H47F3N4O4/c1-26(2)45-20-17-27(18-21-45)24-44-38(50)35-4-3-19-46(35)39(51)36-22-34(48)25-47(36)37(49)23-40(28-5-11-31(41)12-6-28,29-7-13-32(42)14-8-29)30-9-15-33(43)16-10-30/h5-16,26-27,34-36,48H,3-4,17-25H2,1-2H3,(H,44,50)/t34-,35-,36+/m1/s1. The molecule has 3 aromatic carbocycles. The van der Waals surface area contributed by atoms with Crippen molar-refractivity contribution in [1.29, 1.82) is 0 Å². The molecule has 3 amide bonds. The third kappa shape index (κ3) is 7.84. The third-order valence-electron chi connectivity index (χ3n) is 11.1. The Labute approximate surface area is 297 Å². The summed E-state index contributed by atoms with van der Waals surface area (Å²) >= 11 is 0. The van der Waals surface area contributed by atoms with Crippen molar-refractivity contribution in [3.05, 3.63) is 107 Å². The molecule has 8 nitrogen and oxygen atoms in total. The maximum Gasteiger partial charge on any atom is 0.246 e. The normalized spacial score (nSPS) is 21.7. The Balaban J connectivity index is 1.24. The highest BCUT2D eigenvalue weighted by atomic mass is 19.1. The third-order valence-corrected chi connectivity index (χ3v) is 11.1. The van der Waals surface area contributed by atoms with E-state index in [1.165, 1.54) is 77.7 Å². The predicted octanol–water partition coefficient (Wildman–Crippen LogP) is 5.02. The Morgan fingerprint density at radius 2 is 1.27 bits per heavy atom. The van der Waals surface area contributed by atoms with E-state index in [4.69, 9.17) is 0 Å². The molecule has 0 unspecified atom stereocenters. The molecule has 0 spiro atoms. The highest BCUT2D eigenvalue weighted by Gasteiger charge is 2.47. The van der Waals surface area contributed by atoms with Crippen LogP contribution in [-0.2, 0) is 19.8 Å². The number of likely N-dealkylation sites (tertiary alicyclic amines) is 3. The van der Waals surface area contributed by atoms with Crippen LogP contribution in [0, 0.1) is 23.4 Å². The number of carbonyl (C=O) groups is 3. The predicted molar refractivity (Wildman–Crippen MR) is 187 cm³/mol. The van der Waals surface area contributed by atoms with Crippen molar-refractivity contribution in [3.63, 3.8) is 0 Å². The number of halogens is 3. The Hall–Kier alpha value is -4.22. The largest absolute Gasteiger partial charge is 0.391 e. The van der Waals surface area contributed by atoms with Crippen molar-refractivity contribution in [2.24, 2.45) is 5.92 Å². The minimum absolute atomic E-state index is 0.0144. The summed E-state index contributed by atoms with van der Waals surface area (Å²) in [4.78, 5) is 47.6. The molecule has 0 bridgehead atoms. The van der Waals surface area contributed by atoms with Crippen LogP contribution >= 0.6 is 0 Å². The van der Waals surface area contributed by atoms with Crippen molar-refractivity contribution in [1.82, 2.24) is 20.0 Å². The van der Waals surface area contributed by atoms with Crippen LogP contribution in [0.3, 0.4) is 0 Å². The molecule has 51 heavy (non-hydrogen) atoms. The lowest BCUT2D eigenvalue weighted by Crippen LogP contribution is -2.54. The fourth-order valence-electron chi connectivity index (χ4n) is 8.19. The van der Waals surface area contributed by atoms with Crippen molar-refractivity contribution < 1.29 is 32.7 Å². The molecule has 3 saturated heterocycles. The van der Waals surface area contributed by atoms with Gasteiger partial charge in [0.25, 0.3) is 0 Å². The lowest BCUT2D eigenvalue weighted by atomic mass is 9.67. The first kappa shape index (κ1) is 36.6. The van der Waals surface area contributed by atoms with E-state index in [9.17, 15) is 32.7 Å². The van der Waals surface area contributed by atoms with Gasteiger partial charge in [-0.3, -0.25) is 14.4 Å². The Kier molecular flexibility index (Phi) is 11.2. The molecule has 0 aromatic heterocycles. The molecular formula is C40H47F3N4O4. The first-order valence-electron chi connectivity index (χ1n) is 18.0. The number of carbonyl (C=O) groups excluding carboxylic acids is 3. The highest BCUT2D eigenvalue weighted by Crippen LogP contribution is 2.44. The number of β-amino-alcohol motifs (C(OH)–C–C–N with tert-alkyl or cyclic N) is 1. The lowest BCUT2D eigenvalue weighted by Gasteiger charge is -2.38. The summed E-state index contributed by atoms with van der Waals surface area (Å²) in [7, 11) is 0. The summed E-state index contributed by atoms with van der Waals surface area (Å²) in [5.41, 5.74) is 0.173. The molecule has 3 aliphatic heterocycles. The minimum Gasteiger partial charge on any atom is -0.391 e. The second-order valence-corrected chi connectivity index (χ2v) is 14.6. The first-order valence-corrected chi connectivity index (χ1v) is 18.0. The van der Waals surface area contributed by atoms with Gasteiger partial charge in [0.05, 0.1) is 11.5 Å². The van der Waals surface area contributed by atoms with Crippen molar-refractivity contribution in [3.8, 4) is 0 Å². The zero-order valence-corrected chi connectivity index (χ0v) is 29.2. The summed E-state index contributed by atoms with van der Waals surface area (Å²) < 4.78 is 42.7. The van der Waals surface area contributed by atoms with Gasteiger partial charge < -0.3 is 25.1 Å². The monoisotopic (exact) mass is 704 g/mol. The topological polar surface area (TPSA) is 93.2 Å². The number of nitrogens with one attached hydrogen (secondary N) is 1. The smallest absolute Gasteiger partial charge is 0.246 e. The Morgan fingerprint density at radius 3 is 1.76 bits per heavy atom. The number of rotatable bonds is 10. The minimum atomic E-state index is -1.34. The van der Waals surface area contributed by atoms with Gasteiger partial charge in [-0.05, 0) is 112 Å². The molecule has 3 atom stereocenters. The van der Waals surface area contributed by atoms with E-state index in [1.54, 1.807) is 4.90 Å². The summed E-state index contributed by atoms with van der Waals surface area (Å²) in [6.45, 7) is 7.17. The molecular weight excluding hydrogens is 657 g/mol. The van der Waals surface area contributed by atoms with E-state index in [-0.39, 0.29) is 25.3 Å². The number of benzene rings is 3. The van der Waals surface area contributed by atoms with Crippen LogP contribution in [0.5, 0.6) is 0 Å². The van der Waals surface area contributed by atoms with E-state index in [0.717, 1.165) is 25.9 Å². The van der Waals surface area contributed by atoms with Gasteiger partial charge in [-0.2, -0.15) is 0 Å². The van der Waals surface area contributed by atoms with Crippen LogP contribution in [0.4, 0.5) is 13.2 Å². The van der Waals surface area contributed by atoms with Crippen LogP contribution in [0.1, 0.15) is 69.1 Å². The molecule has 3 aromatic rings. The van der Waals surface area contributed by atoms with Crippen LogP contribution in [0.2, 0.25) is 0 Å².